The second kappa shape index (κ2) is 6.45. The second-order valence-electron chi connectivity index (χ2n) is 3.98. The molecule has 0 aliphatic carbocycles. The second-order valence-corrected chi connectivity index (χ2v) is 6.00. The molecule has 1 aromatic rings. The number of nitrogens with zero attached hydrogens (tertiary/aromatic N) is 2. The summed E-state index contributed by atoms with van der Waals surface area (Å²) in [5.41, 5.74) is -0.446. The van der Waals surface area contributed by atoms with Crippen molar-refractivity contribution in [1.82, 2.24) is 4.31 Å². The zero-order chi connectivity index (χ0) is 14.5. The molecule has 0 heterocycles. The lowest BCUT2D eigenvalue weighted by Gasteiger charge is -2.17. The minimum Gasteiger partial charge on any atom is -0.207 e. The predicted octanol–water partition coefficient (Wildman–Crippen LogP) is 2.28. The average molecular weight is 282 g/mol. The lowest BCUT2D eigenvalue weighted by Crippen LogP contribution is -2.28. The highest BCUT2D eigenvalue weighted by Gasteiger charge is 2.25. The fraction of sp³-hybridized carbons (Fsp3) is 0.308. The van der Waals surface area contributed by atoms with Gasteiger partial charge in [0, 0.05) is 13.6 Å². The van der Waals surface area contributed by atoms with Gasteiger partial charge in [0.25, 0.3) is 0 Å². The molecule has 0 radical (unpaired) electrons. The number of benzene rings is 1. The van der Waals surface area contributed by atoms with Crippen LogP contribution in [0.3, 0.4) is 0 Å². The molecule has 0 N–H and O–H groups in total. The SMILES string of the molecule is C=CCCCN(C)S(=O)(=O)c1cccc(F)c1C#N. The zero-order valence-electron chi connectivity index (χ0n) is 10.6. The van der Waals surface area contributed by atoms with E-state index in [4.69, 9.17) is 5.26 Å². The van der Waals surface area contributed by atoms with Gasteiger partial charge in [0.05, 0.1) is 0 Å². The molecule has 0 saturated heterocycles. The number of sulfonamides is 1. The lowest BCUT2D eigenvalue weighted by molar-refractivity contribution is 0.462. The summed E-state index contributed by atoms with van der Waals surface area (Å²) in [5.74, 6) is -0.830. The highest BCUT2D eigenvalue weighted by Crippen LogP contribution is 2.21. The standard InChI is InChI=1S/C13H15FN2O2S/c1-3-4-5-9-16(2)19(17,18)13-8-6-7-12(14)11(13)10-15/h3,6-8H,1,4-5,9H2,2H3. The van der Waals surface area contributed by atoms with Crippen LogP contribution in [0.2, 0.25) is 0 Å². The molecule has 0 bridgehead atoms. The molecule has 0 spiro atoms. The van der Waals surface area contributed by atoms with E-state index in [2.05, 4.69) is 6.58 Å². The van der Waals surface area contributed by atoms with Gasteiger partial charge in [-0.25, -0.2) is 17.1 Å². The normalized spacial score (nSPS) is 11.3. The minimum atomic E-state index is -3.85. The highest BCUT2D eigenvalue weighted by molar-refractivity contribution is 7.89. The van der Waals surface area contributed by atoms with Gasteiger partial charge in [-0.05, 0) is 25.0 Å². The maximum absolute atomic E-state index is 13.4. The fourth-order valence-electron chi connectivity index (χ4n) is 1.57. The highest BCUT2D eigenvalue weighted by atomic mass is 32.2. The van der Waals surface area contributed by atoms with Crippen LogP contribution in [-0.4, -0.2) is 26.3 Å². The number of nitriles is 1. The van der Waals surface area contributed by atoms with Crippen LogP contribution in [0.1, 0.15) is 18.4 Å². The number of allylic oxidation sites excluding steroid dienone is 1. The maximum atomic E-state index is 13.4. The van der Waals surface area contributed by atoms with E-state index >= 15 is 0 Å². The first-order valence-electron chi connectivity index (χ1n) is 5.71. The molecule has 0 aliphatic rings. The van der Waals surface area contributed by atoms with Gasteiger partial charge in [-0.15, -0.1) is 6.58 Å². The van der Waals surface area contributed by atoms with Crippen LogP contribution in [-0.2, 0) is 10.0 Å². The summed E-state index contributed by atoms with van der Waals surface area (Å²) in [7, 11) is -2.44. The van der Waals surface area contributed by atoms with Gasteiger partial charge in [0.1, 0.15) is 22.3 Å². The Balaban J connectivity index is 3.11. The van der Waals surface area contributed by atoms with Gasteiger partial charge in [-0.1, -0.05) is 12.1 Å². The van der Waals surface area contributed by atoms with Crippen LogP contribution < -0.4 is 0 Å². The molecule has 1 rings (SSSR count). The van der Waals surface area contributed by atoms with E-state index in [1.165, 1.54) is 19.2 Å². The molecule has 4 nitrogen and oxygen atoms in total. The van der Waals surface area contributed by atoms with Crippen molar-refractivity contribution >= 4 is 10.0 Å². The van der Waals surface area contributed by atoms with E-state index in [-0.39, 0.29) is 11.4 Å². The van der Waals surface area contributed by atoms with Gasteiger partial charge in [-0.2, -0.15) is 5.26 Å². The molecule has 0 atom stereocenters. The van der Waals surface area contributed by atoms with Crippen LogP contribution in [0.4, 0.5) is 4.39 Å². The molecule has 0 aromatic heterocycles. The molecule has 0 fully saturated rings. The third-order valence-corrected chi connectivity index (χ3v) is 4.56. The van der Waals surface area contributed by atoms with Gasteiger partial charge in [-0.3, -0.25) is 0 Å². The Morgan fingerprint density at radius 1 is 1.53 bits per heavy atom. The van der Waals surface area contributed by atoms with Gasteiger partial charge in [0.15, 0.2) is 0 Å². The first-order chi connectivity index (χ1) is 8.95. The summed E-state index contributed by atoms with van der Waals surface area (Å²) in [6.07, 6.45) is 3.01. The fourth-order valence-corrected chi connectivity index (χ4v) is 2.93. The van der Waals surface area contributed by atoms with Crippen molar-refractivity contribution in [2.45, 2.75) is 17.7 Å². The van der Waals surface area contributed by atoms with Gasteiger partial charge >= 0.3 is 0 Å². The minimum absolute atomic E-state index is 0.287. The van der Waals surface area contributed by atoms with Crippen molar-refractivity contribution in [3.63, 3.8) is 0 Å². The Morgan fingerprint density at radius 2 is 2.21 bits per heavy atom. The summed E-state index contributed by atoms with van der Waals surface area (Å²) >= 11 is 0. The lowest BCUT2D eigenvalue weighted by atomic mass is 10.2. The van der Waals surface area contributed by atoms with Crippen molar-refractivity contribution in [1.29, 1.82) is 5.26 Å². The van der Waals surface area contributed by atoms with E-state index in [0.717, 1.165) is 10.4 Å². The Bertz CT molecular complexity index is 606. The van der Waals surface area contributed by atoms with E-state index in [9.17, 15) is 12.8 Å². The quantitative estimate of drug-likeness (QED) is 0.594. The summed E-state index contributed by atoms with van der Waals surface area (Å²) in [6.45, 7) is 3.84. The number of unbranched alkanes of at least 4 members (excludes halogenated alkanes) is 1. The molecule has 0 amide bonds. The molecule has 102 valence electrons. The topological polar surface area (TPSA) is 61.2 Å². The molecule has 0 saturated carbocycles. The summed E-state index contributed by atoms with van der Waals surface area (Å²) in [5, 5.41) is 8.87. The largest absolute Gasteiger partial charge is 0.244 e. The van der Waals surface area contributed by atoms with E-state index < -0.39 is 21.4 Å². The van der Waals surface area contributed by atoms with Crippen LogP contribution in [0.5, 0.6) is 0 Å². The number of hydrogen-bond donors (Lipinski definition) is 0. The van der Waals surface area contributed by atoms with Crippen LogP contribution >= 0.6 is 0 Å². The monoisotopic (exact) mass is 282 g/mol. The Morgan fingerprint density at radius 3 is 2.79 bits per heavy atom. The van der Waals surface area contributed by atoms with Crippen molar-refractivity contribution in [3.05, 3.63) is 42.2 Å². The number of hydrogen-bond acceptors (Lipinski definition) is 3. The van der Waals surface area contributed by atoms with Crippen LogP contribution in [0.25, 0.3) is 0 Å². The van der Waals surface area contributed by atoms with Crippen molar-refractivity contribution < 1.29 is 12.8 Å². The molecular weight excluding hydrogens is 267 g/mol. The van der Waals surface area contributed by atoms with Crippen molar-refractivity contribution in [2.24, 2.45) is 0 Å². The summed E-state index contributed by atoms with van der Waals surface area (Å²) in [4.78, 5) is -0.295. The molecule has 0 aliphatic heterocycles. The molecule has 6 heteroatoms. The first-order valence-corrected chi connectivity index (χ1v) is 7.15. The van der Waals surface area contributed by atoms with Crippen molar-refractivity contribution in [2.75, 3.05) is 13.6 Å². The average Bonchev–Trinajstić information content (AvgIpc) is 2.38. The van der Waals surface area contributed by atoms with Crippen LogP contribution in [0, 0.1) is 17.1 Å². The van der Waals surface area contributed by atoms with E-state index in [1.807, 2.05) is 0 Å². The molecular formula is C13H15FN2O2S. The first kappa shape index (κ1) is 15.3. The predicted molar refractivity (Wildman–Crippen MR) is 70.4 cm³/mol. The third-order valence-electron chi connectivity index (χ3n) is 2.66. The van der Waals surface area contributed by atoms with E-state index in [0.29, 0.717) is 12.8 Å². The number of halogens is 1. The molecule has 1 aromatic carbocycles. The van der Waals surface area contributed by atoms with Gasteiger partial charge < -0.3 is 0 Å². The summed E-state index contributed by atoms with van der Waals surface area (Å²) < 4.78 is 39.0. The van der Waals surface area contributed by atoms with Crippen LogP contribution in [0.15, 0.2) is 35.7 Å². The van der Waals surface area contributed by atoms with Gasteiger partial charge in [0.2, 0.25) is 10.0 Å². The maximum Gasteiger partial charge on any atom is 0.244 e. The molecule has 19 heavy (non-hydrogen) atoms. The van der Waals surface area contributed by atoms with E-state index in [1.54, 1.807) is 12.1 Å². The Kier molecular flexibility index (Phi) is 5.21. The number of rotatable bonds is 6. The molecule has 0 unspecified atom stereocenters. The smallest absolute Gasteiger partial charge is 0.207 e. The Labute approximate surface area is 112 Å². The zero-order valence-corrected chi connectivity index (χ0v) is 11.5. The third kappa shape index (κ3) is 3.40. The van der Waals surface area contributed by atoms with Crippen molar-refractivity contribution in [3.8, 4) is 6.07 Å². The Hall–Kier alpha value is -1.71. The summed E-state index contributed by atoms with van der Waals surface area (Å²) in [6, 6.07) is 5.18.